The molecule has 0 radical (unpaired) electrons. The van der Waals surface area contributed by atoms with Gasteiger partial charge in [-0.25, -0.2) is 0 Å². The number of carbonyl (C=O) groups is 1. The predicted molar refractivity (Wildman–Crippen MR) is 126 cm³/mol. The van der Waals surface area contributed by atoms with Crippen molar-refractivity contribution in [1.82, 2.24) is 29.6 Å². The highest BCUT2D eigenvalue weighted by Crippen LogP contribution is 2.29. The number of amides is 1. The number of hydrogen-bond acceptors (Lipinski definition) is 7. The second-order valence-electron chi connectivity index (χ2n) is 8.58. The van der Waals surface area contributed by atoms with Crippen LogP contribution in [0, 0.1) is 0 Å². The number of benzene rings is 1. The molecule has 168 valence electrons. The molecule has 1 amide bonds. The molecule has 4 aromatic rings. The summed E-state index contributed by atoms with van der Waals surface area (Å²) in [5.41, 5.74) is 3.93. The molecule has 0 unspecified atom stereocenters. The van der Waals surface area contributed by atoms with Crippen molar-refractivity contribution in [3.8, 4) is 16.3 Å². The summed E-state index contributed by atoms with van der Waals surface area (Å²) in [6.45, 7) is 4.11. The summed E-state index contributed by atoms with van der Waals surface area (Å²) >= 11 is 1.49. The van der Waals surface area contributed by atoms with Gasteiger partial charge in [0.25, 0.3) is 5.91 Å². The SMILES string of the molecule is CN1CCN(C(=O)c2ccc(-c3ccc4nnc(Cc5ccc6c(c5)CCO6)n4n3)s2)CC1. The standard InChI is InChI=1S/C24H24N6O2S/c1-28-9-11-29(12-10-28)24(31)21-6-5-20(33-21)18-3-7-22-25-26-23(30(22)27-18)15-16-2-4-19-17(14-16)8-13-32-19/h2-7,14H,8-13,15H2,1H3. The lowest BCUT2D eigenvalue weighted by Crippen LogP contribution is -2.46. The molecule has 1 fully saturated rings. The van der Waals surface area contributed by atoms with Crippen LogP contribution in [0.4, 0.5) is 0 Å². The van der Waals surface area contributed by atoms with Crippen LogP contribution in [0.2, 0.25) is 0 Å². The van der Waals surface area contributed by atoms with Crippen molar-refractivity contribution in [2.24, 2.45) is 0 Å². The van der Waals surface area contributed by atoms with Crippen molar-refractivity contribution in [3.63, 3.8) is 0 Å². The molecule has 0 spiro atoms. The summed E-state index contributed by atoms with van der Waals surface area (Å²) in [6, 6.07) is 14.0. The van der Waals surface area contributed by atoms with E-state index in [0.29, 0.717) is 12.1 Å². The highest BCUT2D eigenvalue weighted by Gasteiger charge is 2.22. The fraction of sp³-hybridized carbons (Fsp3) is 0.333. The minimum Gasteiger partial charge on any atom is -0.493 e. The minimum atomic E-state index is 0.103. The van der Waals surface area contributed by atoms with Gasteiger partial charge in [0, 0.05) is 39.0 Å². The lowest BCUT2D eigenvalue weighted by molar-refractivity contribution is 0.0669. The largest absolute Gasteiger partial charge is 0.493 e. The van der Waals surface area contributed by atoms with Crippen LogP contribution >= 0.6 is 11.3 Å². The summed E-state index contributed by atoms with van der Waals surface area (Å²) < 4.78 is 7.42. The van der Waals surface area contributed by atoms with Crippen LogP contribution in [0.25, 0.3) is 16.2 Å². The quantitative estimate of drug-likeness (QED) is 0.466. The highest BCUT2D eigenvalue weighted by molar-refractivity contribution is 7.17. The molecule has 2 aliphatic heterocycles. The van der Waals surface area contributed by atoms with Gasteiger partial charge in [0.1, 0.15) is 11.4 Å². The first-order chi connectivity index (χ1) is 16.1. The van der Waals surface area contributed by atoms with E-state index in [1.165, 1.54) is 16.9 Å². The van der Waals surface area contributed by atoms with Crippen molar-refractivity contribution in [3.05, 3.63) is 64.3 Å². The zero-order chi connectivity index (χ0) is 22.4. The average molecular weight is 461 g/mol. The van der Waals surface area contributed by atoms with Crippen molar-refractivity contribution in [1.29, 1.82) is 0 Å². The molecule has 3 aromatic heterocycles. The third kappa shape index (κ3) is 3.87. The molecular weight excluding hydrogens is 436 g/mol. The first-order valence-corrected chi connectivity index (χ1v) is 12.0. The van der Waals surface area contributed by atoms with E-state index in [9.17, 15) is 4.79 Å². The first-order valence-electron chi connectivity index (χ1n) is 11.2. The summed E-state index contributed by atoms with van der Waals surface area (Å²) in [4.78, 5) is 18.8. The van der Waals surface area contributed by atoms with Crippen LogP contribution in [0.3, 0.4) is 0 Å². The second kappa shape index (κ2) is 8.24. The van der Waals surface area contributed by atoms with E-state index in [1.54, 1.807) is 4.52 Å². The van der Waals surface area contributed by atoms with E-state index < -0.39 is 0 Å². The number of rotatable bonds is 4. The lowest BCUT2D eigenvalue weighted by Gasteiger charge is -2.32. The van der Waals surface area contributed by atoms with E-state index in [1.807, 2.05) is 35.2 Å². The molecule has 2 aliphatic rings. The first kappa shape index (κ1) is 20.3. The molecule has 0 saturated carbocycles. The maximum Gasteiger partial charge on any atom is 0.264 e. The van der Waals surface area contributed by atoms with Gasteiger partial charge in [-0.05, 0) is 48.5 Å². The summed E-state index contributed by atoms with van der Waals surface area (Å²) in [5.74, 6) is 1.87. The van der Waals surface area contributed by atoms with E-state index in [2.05, 4.69) is 34.3 Å². The maximum absolute atomic E-state index is 12.9. The predicted octanol–water partition coefficient (Wildman–Crippen LogP) is 2.77. The van der Waals surface area contributed by atoms with Crippen molar-refractivity contribution in [2.45, 2.75) is 12.8 Å². The van der Waals surface area contributed by atoms with Crippen LogP contribution in [0.1, 0.15) is 26.6 Å². The van der Waals surface area contributed by atoms with Crippen LogP contribution in [0.5, 0.6) is 5.75 Å². The Kier molecular flexibility index (Phi) is 5.07. The number of thiophene rings is 1. The number of carbonyl (C=O) groups excluding carboxylic acids is 1. The molecule has 0 N–H and O–H groups in total. The monoisotopic (exact) mass is 460 g/mol. The molecule has 0 atom stereocenters. The number of nitrogens with zero attached hydrogens (tertiary/aromatic N) is 6. The van der Waals surface area contributed by atoms with Gasteiger partial charge in [0.2, 0.25) is 0 Å². The second-order valence-corrected chi connectivity index (χ2v) is 9.67. The zero-order valence-corrected chi connectivity index (χ0v) is 19.2. The summed E-state index contributed by atoms with van der Waals surface area (Å²) in [6.07, 6.45) is 1.59. The summed E-state index contributed by atoms with van der Waals surface area (Å²) in [5, 5.41) is 13.5. The molecule has 1 aromatic carbocycles. The van der Waals surface area contributed by atoms with Crippen LogP contribution < -0.4 is 4.74 Å². The number of hydrogen-bond donors (Lipinski definition) is 0. The summed E-state index contributed by atoms with van der Waals surface area (Å²) in [7, 11) is 2.09. The number of likely N-dealkylation sites (N-methyl/N-ethyl adjacent to an activating group) is 1. The Morgan fingerprint density at radius 3 is 2.82 bits per heavy atom. The molecule has 9 heteroatoms. The van der Waals surface area contributed by atoms with Crippen LogP contribution in [-0.2, 0) is 12.8 Å². The van der Waals surface area contributed by atoms with E-state index in [4.69, 9.17) is 9.84 Å². The number of fused-ring (bicyclic) bond motifs is 2. The van der Waals surface area contributed by atoms with E-state index >= 15 is 0 Å². The molecule has 1 saturated heterocycles. The number of ether oxygens (including phenoxy) is 1. The third-order valence-corrected chi connectivity index (χ3v) is 7.40. The number of piperazine rings is 1. The fourth-order valence-electron chi connectivity index (χ4n) is 4.36. The fourth-order valence-corrected chi connectivity index (χ4v) is 5.30. The van der Waals surface area contributed by atoms with Gasteiger partial charge in [-0.2, -0.15) is 9.61 Å². The Morgan fingerprint density at radius 2 is 1.94 bits per heavy atom. The van der Waals surface area contributed by atoms with Crippen molar-refractivity contribution in [2.75, 3.05) is 39.8 Å². The Hall–Kier alpha value is -3.30. The van der Waals surface area contributed by atoms with Gasteiger partial charge in [-0.3, -0.25) is 4.79 Å². The Bertz CT molecular complexity index is 1340. The topological polar surface area (TPSA) is 75.9 Å². The zero-order valence-electron chi connectivity index (χ0n) is 18.4. The van der Waals surface area contributed by atoms with Crippen LogP contribution in [-0.4, -0.2) is 75.4 Å². The lowest BCUT2D eigenvalue weighted by atomic mass is 10.1. The van der Waals surface area contributed by atoms with Gasteiger partial charge in [0.05, 0.1) is 16.4 Å². The third-order valence-electron chi connectivity index (χ3n) is 6.30. The van der Waals surface area contributed by atoms with Gasteiger partial charge < -0.3 is 14.5 Å². The molecule has 0 bridgehead atoms. The van der Waals surface area contributed by atoms with Crippen LogP contribution in [0.15, 0.2) is 42.5 Å². The molecule has 6 rings (SSSR count). The Labute approximate surface area is 195 Å². The minimum absolute atomic E-state index is 0.103. The average Bonchev–Trinajstić information content (AvgIpc) is 3.59. The molecule has 8 nitrogen and oxygen atoms in total. The highest BCUT2D eigenvalue weighted by atomic mass is 32.1. The van der Waals surface area contributed by atoms with E-state index in [-0.39, 0.29) is 5.91 Å². The van der Waals surface area contributed by atoms with E-state index in [0.717, 1.165) is 71.8 Å². The molecular formula is C24H24N6O2S. The van der Waals surface area contributed by atoms with Gasteiger partial charge >= 0.3 is 0 Å². The van der Waals surface area contributed by atoms with Gasteiger partial charge in [-0.1, -0.05) is 12.1 Å². The van der Waals surface area contributed by atoms with Crippen molar-refractivity contribution < 1.29 is 9.53 Å². The number of aromatic nitrogens is 4. The molecule has 0 aliphatic carbocycles. The normalized spacial score (nSPS) is 16.2. The van der Waals surface area contributed by atoms with Gasteiger partial charge in [-0.15, -0.1) is 21.5 Å². The van der Waals surface area contributed by atoms with Gasteiger partial charge in [0.15, 0.2) is 11.5 Å². The maximum atomic E-state index is 12.9. The smallest absolute Gasteiger partial charge is 0.264 e. The molecule has 5 heterocycles. The Morgan fingerprint density at radius 1 is 1.06 bits per heavy atom. The molecule has 33 heavy (non-hydrogen) atoms. The Balaban J connectivity index is 1.25. The van der Waals surface area contributed by atoms with Crippen molar-refractivity contribution >= 4 is 22.9 Å².